The average molecular weight is 264 g/mol. The van der Waals surface area contributed by atoms with E-state index in [1.54, 1.807) is 0 Å². The second kappa shape index (κ2) is 5.70. The van der Waals surface area contributed by atoms with Gasteiger partial charge in [-0.25, -0.2) is 5.32 Å². The third kappa shape index (κ3) is 2.33. The van der Waals surface area contributed by atoms with Gasteiger partial charge in [-0.1, -0.05) is 56.5 Å². The molecule has 0 unspecified atom stereocenters. The Morgan fingerprint density at radius 3 is 2.60 bits per heavy atom. The predicted octanol–water partition coefficient (Wildman–Crippen LogP) is 5.67. The minimum absolute atomic E-state index is 1.13. The standard InChI is InChI=1S/C19H22N/c1-3-4-5-6-9-15-14(2)12-13-17-16-10-7-8-11-18(16)20-19(15)17/h7-8,10-13H,3-6,9H2,1-2H3. The fourth-order valence-corrected chi connectivity index (χ4v) is 3.05. The molecule has 1 radical (unpaired) electrons. The van der Waals surface area contributed by atoms with Gasteiger partial charge in [0, 0.05) is 11.1 Å². The number of nitrogens with zero attached hydrogens (tertiary/aromatic N) is 1. The van der Waals surface area contributed by atoms with Crippen molar-refractivity contribution in [2.75, 3.05) is 0 Å². The van der Waals surface area contributed by atoms with Crippen LogP contribution in [-0.2, 0) is 6.42 Å². The average Bonchev–Trinajstić information content (AvgIpc) is 2.84. The Hall–Kier alpha value is -1.76. The number of hydrogen-bond acceptors (Lipinski definition) is 0. The molecule has 103 valence electrons. The second-order valence-electron chi connectivity index (χ2n) is 5.70. The highest BCUT2D eigenvalue weighted by atomic mass is 14.9. The van der Waals surface area contributed by atoms with E-state index in [-0.39, 0.29) is 0 Å². The zero-order chi connectivity index (χ0) is 13.9. The normalized spacial score (nSPS) is 11.9. The van der Waals surface area contributed by atoms with Crippen molar-refractivity contribution in [2.45, 2.75) is 46.0 Å². The Morgan fingerprint density at radius 2 is 1.75 bits per heavy atom. The monoisotopic (exact) mass is 264 g/mol. The lowest BCUT2D eigenvalue weighted by Gasteiger charge is -2.11. The molecule has 0 spiro atoms. The van der Waals surface area contributed by atoms with Crippen LogP contribution in [0.3, 0.4) is 0 Å². The summed E-state index contributed by atoms with van der Waals surface area (Å²) < 4.78 is 0. The van der Waals surface area contributed by atoms with Gasteiger partial charge in [0.05, 0.1) is 11.4 Å². The summed E-state index contributed by atoms with van der Waals surface area (Å²) in [5.41, 5.74) is 7.80. The van der Waals surface area contributed by atoms with Gasteiger partial charge in [0.1, 0.15) is 0 Å². The third-order valence-electron chi connectivity index (χ3n) is 4.22. The van der Waals surface area contributed by atoms with Gasteiger partial charge < -0.3 is 0 Å². The van der Waals surface area contributed by atoms with E-state index in [2.05, 4.69) is 50.2 Å². The Kier molecular flexibility index (Phi) is 3.77. The van der Waals surface area contributed by atoms with Gasteiger partial charge in [-0.3, -0.25) is 0 Å². The highest BCUT2D eigenvalue weighted by molar-refractivity contribution is 5.92. The van der Waals surface area contributed by atoms with Crippen molar-refractivity contribution in [2.24, 2.45) is 0 Å². The maximum atomic E-state index is 4.87. The van der Waals surface area contributed by atoms with Crippen LogP contribution in [0, 0.1) is 6.92 Å². The van der Waals surface area contributed by atoms with Crippen LogP contribution in [0.25, 0.3) is 11.1 Å². The van der Waals surface area contributed by atoms with Crippen LogP contribution in [0.15, 0.2) is 36.4 Å². The Balaban J connectivity index is 1.89. The summed E-state index contributed by atoms with van der Waals surface area (Å²) in [6, 6.07) is 13.0. The number of aryl methyl sites for hydroxylation is 1. The number of para-hydroxylation sites is 1. The summed E-state index contributed by atoms with van der Waals surface area (Å²) in [5, 5.41) is 4.87. The summed E-state index contributed by atoms with van der Waals surface area (Å²) in [4.78, 5) is 0. The number of unbranched alkanes of at least 4 members (excludes halogenated alkanes) is 3. The van der Waals surface area contributed by atoms with Crippen LogP contribution in [0.1, 0.15) is 43.7 Å². The van der Waals surface area contributed by atoms with E-state index in [9.17, 15) is 0 Å². The number of rotatable bonds is 5. The minimum atomic E-state index is 1.13. The third-order valence-corrected chi connectivity index (χ3v) is 4.22. The van der Waals surface area contributed by atoms with Crippen molar-refractivity contribution in [3.05, 3.63) is 47.5 Å². The SMILES string of the molecule is CCCCCCc1c(C)ccc2c1[N]c1ccccc1-2. The molecule has 1 heterocycles. The second-order valence-corrected chi connectivity index (χ2v) is 5.70. The lowest BCUT2D eigenvalue weighted by atomic mass is 9.95. The first kappa shape index (κ1) is 13.2. The van der Waals surface area contributed by atoms with E-state index in [4.69, 9.17) is 5.32 Å². The molecular weight excluding hydrogens is 242 g/mol. The minimum Gasteiger partial charge on any atom is -0.247 e. The Morgan fingerprint density at radius 1 is 0.900 bits per heavy atom. The molecule has 2 aromatic carbocycles. The molecule has 0 fully saturated rings. The van der Waals surface area contributed by atoms with Crippen molar-refractivity contribution >= 4 is 11.4 Å². The van der Waals surface area contributed by atoms with Gasteiger partial charge >= 0.3 is 0 Å². The van der Waals surface area contributed by atoms with Crippen molar-refractivity contribution in [1.82, 2.24) is 5.32 Å². The first-order valence-corrected chi connectivity index (χ1v) is 7.75. The molecule has 0 saturated carbocycles. The van der Waals surface area contributed by atoms with Gasteiger partial charge in [-0.05, 0) is 37.0 Å². The maximum absolute atomic E-state index is 4.87. The predicted molar refractivity (Wildman–Crippen MR) is 85.9 cm³/mol. The van der Waals surface area contributed by atoms with Gasteiger partial charge in [0.25, 0.3) is 0 Å². The van der Waals surface area contributed by atoms with E-state index >= 15 is 0 Å². The highest BCUT2D eigenvalue weighted by Gasteiger charge is 2.22. The van der Waals surface area contributed by atoms with Gasteiger partial charge in [0.15, 0.2) is 0 Å². The lowest BCUT2D eigenvalue weighted by Crippen LogP contribution is -1.96. The molecular formula is C19H22N. The smallest absolute Gasteiger partial charge is 0.0750 e. The van der Waals surface area contributed by atoms with E-state index < -0.39 is 0 Å². The number of hydrogen-bond donors (Lipinski definition) is 0. The number of fused-ring (bicyclic) bond motifs is 3. The summed E-state index contributed by atoms with van der Waals surface area (Å²) >= 11 is 0. The lowest BCUT2D eigenvalue weighted by molar-refractivity contribution is 0.665. The van der Waals surface area contributed by atoms with E-state index in [0.717, 1.165) is 12.1 Å². The fourth-order valence-electron chi connectivity index (χ4n) is 3.05. The molecule has 0 bridgehead atoms. The van der Waals surface area contributed by atoms with Crippen LogP contribution in [0.5, 0.6) is 0 Å². The van der Waals surface area contributed by atoms with Crippen LogP contribution < -0.4 is 5.32 Å². The molecule has 1 aliphatic rings. The number of benzene rings is 2. The fraction of sp³-hybridized carbons (Fsp3) is 0.368. The highest BCUT2D eigenvalue weighted by Crippen LogP contribution is 2.45. The molecule has 0 aromatic heterocycles. The van der Waals surface area contributed by atoms with E-state index in [1.165, 1.54) is 53.6 Å². The molecule has 0 amide bonds. The molecule has 20 heavy (non-hydrogen) atoms. The van der Waals surface area contributed by atoms with Gasteiger partial charge in [-0.2, -0.15) is 0 Å². The van der Waals surface area contributed by atoms with Gasteiger partial charge in [0.2, 0.25) is 0 Å². The zero-order valence-corrected chi connectivity index (χ0v) is 12.4. The van der Waals surface area contributed by atoms with Crippen molar-refractivity contribution in [1.29, 1.82) is 0 Å². The largest absolute Gasteiger partial charge is 0.247 e. The first-order chi connectivity index (χ1) is 9.81. The summed E-state index contributed by atoms with van der Waals surface area (Å²) in [6.07, 6.45) is 6.39. The molecule has 1 aliphatic heterocycles. The van der Waals surface area contributed by atoms with Crippen molar-refractivity contribution in [3.8, 4) is 11.1 Å². The maximum Gasteiger partial charge on any atom is 0.0750 e. The van der Waals surface area contributed by atoms with Crippen LogP contribution in [0.2, 0.25) is 0 Å². The molecule has 0 aliphatic carbocycles. The quantitative estimate of drug-likeness (QED) is 0.527. The summed E-state index contributed by atoms with van der Waals surface area (Å²) in [6.45, 7) is 4.48. The molecule has 3 rings (SSSR count). The molecule has 0 saturated heterocycles. The molecule has 2 aromatic rings. The Bertz CT molecular complexity index is 613. The first-order valence-electron chi connectivity index (χ1n) is 7.75. The summed E-state index contributed by atoms with van der Waals surface area (Å²) in [7, 11) is 0. The van der Waals surface area contributed by atoms with Crippen LogP contribution in [-0.4, -0.2) is 0 Å². The van der Waals surface area contributed by atoms with E-state index in [0.29, 0.717) is 0 Å². The van der Waals surface area contributed by atoms with Crippen molar-refractivity contribution in [3.63, 3.8) is 0 Å². The van der Waals surface area contributed by atoms with Gasteiger partial charge in [-0.15, -0.1) is 0 Å². The topological polar surface area (TPSA) is 14.1 Å². The molecule has 1 nitrogen and oxygen atoms in total. The van der Waals surface area contributed by atoms with Crippen LogP contribution >= 0.6 is 0 Å². The Labute approximate surface area is 122 Å². The van der Waals surface area contributed by atoms with Crippen LogP contribution in [0.4, 0.5) is 11.4 Å². The van der Waals surface area contributed by atoms with Crippen molar-refractivity contribution < 1.29 is 0 Å². The molecule has 1 heteroatoms. The van der Waals surface area contributed by atoms with E-state index in [1.807, 2.05) is 0 Å². The summed E-state index contributed by atoms with van der Waals surface area (Å²) in [5.74, 6) is 0. The zero-order valence-electron chi connectivity index (χ0n) is 12.4. The molecule has 0 atom stereocenters. The molecule has 0 N–H and O–H groups in total.